The van der Waals surface area contributed by atoms with Crippen molar-refractivity contribution in [1.82, 2.24) is 0 Å². The molecule has 1 aromatic heterocycles. The normalized spacial score (nSPS) is 17.3. The van der Waals surface area contributed by atoms with Crippen molar-refractivity contribution in [1.29, 1.82) is 0 Å². The van der Waals surface area contributed by atoms with Gasteiger partial charge in [0, 0.05) is 10.6 Å². The van der Waals surface area contributed by atoms with E-state index in [1.165, 1.54) is 41.8 Å². The minimum Gasteiger partial charge on any atom is -0.377 e. The summed E-state index contributed by atoms with van der Waals surface area (Å²) in [5.41, 5.74) is 2.75. The smallest absolute Gasteiger partial charge is 0.0634 e. The molecule has 1 fully saturated rings. The van der Waals surface area contributed by atoms with Crippen LogP contribution in [0.15, 0.2) is 41.8 Å². The third-order valence-electron chi connectivity index (χ3n) is 4.61. The van der Waals surface area contributed by atoms with Crippen molar-refractivity contribution in [3.05, 3.63) is 52.2 Å². The van der Waals surface area contributed by atoms with E-state index in [2.05, 4.69) is 60.9 Å². The van der Waals surface area contributed by atoms with Crippen molar-refractivity contribution in [2.75, 3.05) is 5.32 Å². The minimum absolute atomic E-state index is 0.479. The number of rotatable bonds is 5. The van der Waals surface area contributed by atoms with E-state index in [0.717, 1.165) is 5.92 Å². The predicted octanol–water partition coefficient (Wildman–Crippen LogP) is 6.21. The summed E-state index contributed by atoms with van der Waals surface area (Å²) in [5, 5.41) is 6.09. The lowest BCUT2D eigenvalue weighted by Gasteiger charge is -2.27. The largest absolute Gasteiger partial charge is 0.377 e. The van der Waals surface area contributed by atoms with Crippen LogP contribution < -0.4 is 5.32 Å². The Bertz CT molecular complexity index is 553. The highest BCUT2D eigenvalue weighted by Gasteiger charge is 2.27. The lowest BCUT2D eigenvalue weighted by molar-refractivity contribution is 0.475. The van der Waals surface area contributed by atoms with Gasteiger partial charge in [-0.1, -0.05) is 51.0 Å². The van der Waals surface area contributed by atoms with Gasteiger partial charge in [-0.25, -0.2) is 0 Å². The highest BCUT2D eigenvalue weighted by Crippen LogP contribution is 2.40. The van der Waals surface area contributed by atoms with Gasteiger partial charge in [0.2, 0.25) is 0 Å². The maximum absolute atomic E-state index is 3.88. The molecule has 0 amide bonds. The van der Waals surface area contributed by atoms with Gasteiger partial charge in [-0.15, -0.1) is 11.3 Å². The third-order valence-corrected chi connectivity index (χ3v) is 5.57. The molecule has 21 heavy (non-hydrogen) atoms. The van der Waals surface area contributed by atoms with Gasteiger partial charge in [0.25, 0.3) is 0 Å². The van der Waals surface area contributed by atoms with Crippen LogP contribution in [0.25, 0.3) is 0 Å². The molecule has 1 nitrogen and oxygen atoms in total. The lowest BCUT2D eigenvalue weighted by Crippen LogP contribution is -2.19. The van der Waals surface area contributed by atoms with Crippen molar-refractivity contribution in [3.63, 3.8) is 0 Å². The van der Waals surface area contributed by atoms with E-state index in [1.54, 1.807) is 0 Å². The lowest BCUT2D eigenvalue weighted by atomic mass is 9.94. The van der Waals surface area contributed by atoms with Crippen LogP contribution in [0.4, 0.5) is 5.69 Å². The van der Waals surface area contributed by atoms with E-state index < -0.39 is 0 Å². The zero-order valence-corrected chi connectivity index (χ0v) is 13.8. The Morgan fingerprint density at radius 3 is 2.48 bits per heavy atom. The fourth-order valence-corrected chi connectivity index (χ4v) is 4.35. The van der Waals surface area contributed by atoms with Gasteiger partial charge in [-0.2, -0.15) is 0 Å². The van der Waals surface area contributed by atoms with Gasteiger partial charge in [-0.3, -0.25) is 0 Å². The summed E-state index contributed by atoms with van der Waals surface area (Å²) in [6, 6.07) is 13.7. The maximum atomic E-state index is 3.88. The van der Waals surface area contributed by atoms with E-state index in [-0.39, 0.29) is 0 Å². The fourth-order valence-electron chi connectivity index (χ4n) is 3.48. The number of hydrogen-bond donors (Lipinski definition) is 1. The summed E-state index contributed by atoms with van der Waals surface area (Å²) in [6.07, 6.45) is 5.50. The van der Waals surface area contributed by atoms with Gasteiger partial charge < -0.3 is 5.32 Å². The maximum Gasteiger partial charge on any atom is 0.0634 e. The van der Waals surface area contributed by atoms with Crippen LogP contribution >= 0.6 is 11.3 Å². The molecule has 0 spiro atoms. The van der Waals surface area contributed by atoms with E-state index in [4.69, 9.17) is 0 Å². The first kappa shape index (κ1) is 14.6. The van der Waals surface area contributed by atoms with Gasteiger partial charge in [0.1, 0.15) is 0 Å². The van der Waals surface area contributed by atoms with E-state index >= 15 is 0 Å². The molecule has 1 saturated carbocycles. The summed E-state index contributed by atoms with van der Waals surface area (Å²) in [5.74, 6) is 1.34. The van der Waals surface area contributed by atoms with E-state index in [1.807, 2.05) is 11.3 Å². The van der Waals surface area contributed by atoms with Gasteiger partial charge in [-0.05, 0) is 47.8 Å². The van der Waals surface area contributed by atoms with Crippen molar-refractivity contribution in [2.45, 2.75) is 51.5 Å². The number of para-hydroxylation sites is 1. The highest BCUT2D eigenvalue weighted by molar-refractivity contribution is 7.10. The molecule has 1 atom stereocenters. The number of hydrogen-bond acceptors (Lipinski definition) is 2. The average molecular weight is 299 g/mol. The molecule has 1 aliphatic rings. The summed E-state index contributed by atoms with van der Waals surface area (Å²) in [7, 11) is 0. The second-order valence-electron chi connectivity index (χ2n) is 6.42. The second-order valence-corrected chi connectivity index (χ2v) is 7.40. The average Bonchev–Trinajstić information content (AvgIpc) is 3.18. The molecule has 112 valence electrons. The SMILES string of the molecule is CC(C)c1ccccc1NC(c1cccs1)C1CCCC1. The van der Waals surface area contributed by atoms with Crippen molar-refractivity contribution in [2.24, 2.45) is 5.92 Å². The standard InChI is InChI=1S/C19H25NS/c1-14(2)16-10-5-6-11-17(16)20-19(15-8-3-4-9-15)18-12-7-13-21-18/h5-7,10-15,19-20H,3-4,8-9H2,1-2H3. The van der Waals surface area contributed by atoms with Crippen molar-refractivity contribution < 1.29 is 0 Å². The molecule has 0 saturated heterocycles. The third kappa shape index (κ3) is 3.32. The highest BCUT2D eigenvalue weighted by atomic mass is 32.1. The van der Waals surface area contributed by atoms with Crippen LogP contribution in [0.1, 0.15) is 61.9 Å². The molecule has 1 unspecified atom stereocenters. The van der Waals surface area contributed by atoms with Crippen LogP contribution in [0.5, 0.6) is 0 Å². The zero-order chi connectivity index (χ0) is 14.7. The summed E-state index contributed by atoms with van der Waals surface area (Å²) >= 11 is 1.89. The Hall–Kier alpha value is -1.28. The molecule has 0 aliphatic heterocycles. The Morgan fingerprint density at radius 1 is 1.05 bits per heavy atom. The number of anilines is 1. The van der Waals surface area contributed by atoms with Crippen molar-refractivity contribution in [3.8, 4) is 0 Å². The molecule has 1 N–H and O–H groups in total. The first-order chi connectivity index (χ1) is 10.3. The van der Waals surface area contributed by atoms with Crippen LogP contribution in [-0.4, -0.2) is 0 Å². The van der Waals surface area contributed by atoms with Crippen LogP contribution in [-0.2, 0) is 0 Å². The minimum atomic E-state index is 0.479. The molecule has 0 bridgehead atoms. The van der Waals surface area contributed by atoms with Gasteiger partial charge >= 0.3 is 0 Å². The quantitative estimate of drug-likeness (QED) is 0.691. The molecule has 1 heterocycles. The molecule has 2 aromatic rings. The first-order valence-electron chi connectivity index (χ1n) is 8.14. The Labute approximate surface area is 132 Å². The summed E-state index contributed by atoms with van der Waals surface area (Å²) < 4.78 is 0. The van der Waals surface area contributed by atoms with E-state index in [0.29, 0.717) is 12.0 Å². The fraction of sp³-hybridized carbons (Fsp3) is 0.474. The molecule has 1 aliphatic carbocycles. The summed E-state index contributed by atoms with van der Waals surface area (Å²) in [4.78, 5) is 1.49. The molecule has 0 radical (unpaired) electrons. The molecule has 2 heteroatoms. The number of nitrogens with one attached hydrogen (secondary N) is 1. The molecular formula is C19H25NS. The van der Waals surface area contributed by atoms with Crippen LogP contribution in [0.2, 0.25) is 0 Å². The number of benzene rings is 1. The molecule has 1 aromatic carbocycles. The molecule has 3 rings (SSSR count). The Kier molecular flexibility index (Phi) is 4.64. The van der Waals surface area contributed by atoms with Gasteiger partial charge in [0.05, 0.1) is 6.04 Å². The molecular weight excluding hydrogens is 274 g/mol. The Balaban J connectivity index is 1.88. The summed E-state index contributed by atoms with van der Waals surface area (Å²) in [6.45, 7) is 4.55. The van der Waals surface area contributed by atoms with Crippen LogP contribution in [0.3, 0.4) is 0 Å². The van der Waals surface area contributed by atoms with Crippen molar-refractivity contribution >= 4 is 17.0 Å². The second kappa shape index (κ2) is 6.65. The Morgan fingerprint density at radius 2 is 1.81 bits per heavy atom. The van der Waals surface area contributed by atoms with E-state index in [9.17, 15) is 0 Å². The first-order valence-corrected chi connectivity index (χ1v) is 9.02. The number of thiophene rings is 1. The van der Waals surface area contributed by atoms with Gasteiger partial charge in [0.15, 0.2) is 0 Å². The predicted molar refractivity (Wildman–Crippen MR) is 93.2 cm³/mol. The topological polar surface area (TPSA) is 12.0 Å². The zero-order valence-electron chi connectivity index (χ0n) is 13.0. The van der Waals surface area contributed by atoms with Crippen LogP contribution in [0, 0.1) is 5.92 Å². The monoisotopic (exact) mass is 299 g/mol.